The first kappa shape index (κ1) is 13.4. The first-order valence-corrected chi connectivity index (χ1v) is 5.89. The molecule has 0 saturated carbocycles. The monoisotopic (exact) mass is 257 g/mol. The lowest BCUT2D eigenvalue weighted by molar-refractivity contribution is -0.169. The van der Waals surface area contributed by atoms with Crippen LogP contribution in [0.1, 0.15) is 6.92 Å². The van der Waals surface area contributed by atoms with Gasteiger partial charge < -0.3 is 14.7 Å². The molecule has 1 N–H and O–H groups in total. The molecule has 0 heterocycles. The smallest absolute Gasteiger partial charge is 0.395 e. The van der Waals surface area contributed by atoms with Gasteiger partial charge in [-0.1, -0.05) is 16.9 Å². The molecule has 1 aromatic rings. The molecule has 0 saturated heterocycles. The Hall–Kier alpha value is -1.65. The number of ether oxygens (including phenoxy) is 1. The van der Waals surface area contributed by atoms with E-state index in [1.54, 1.807) is 12.1 Å². The molecule has 92 valence electrons. The normalized spacial score (nSPS) is 13.0. The molecule has 1 unspecified atom stereocenters. The Labute approximate surface area is 99.4 Å². The molecular formula is C10H12NO5P. The number of phenols is 1. The highest BCUT2D eigenvalue weighted by Gasteiger charge is 2.17. The van der Waals surface area contributed by atoms with E-state index in [0.29, 0.717) is 0 Å². The number of carbonyl (C=O) groups is 1. The van der Waals surface area contributed by atoms with Gasteiger partial charge >= 0.3 is 14.1 Å². The van der Waals surface area contributed by atoms with E-state index in [0.717, 1.165) is 0 Å². The third-order valence-corrected chi connectivity index (χ3v) is 2.74. The number of rotatable bonds is 4. The van der Waals surface area contributed by atoms with Gasteiger partial charge in [0.2, 0.25) is 5.75 Å². The van der Waals surface area contributed by atoms with Gasteiger partial charge in [0.25, 0.3) is 0 Å². The number of phenolic OH excluding ortho intramolecular Hbond substituents is 1. The van der Waals surface area contributed by atoms with Crippen LogP contribution in [0.25, 0.3) is 0 Å². The standard InChI is InChI=1S/C10H12NO5P/c1-7(10(13)15-2)11-17(14)16-9-6-4-3-5-8(9)12/h3-7,12H,1-2H3/t7-/m0/s1. The first-order chi connectivity index (χ1) is 8.04. The first-order valence-electron chi connectivity index (χ1n) is 4.76. The van der Waals surface area contributed by atoms with Crippen molar-refractivity contribution in [1.29, 1.82) is 0 Å². The van der Waals surface area contributed by atoms with Gasteiger partial charge in [0.05, 0.1) is 7.11 Å². The van der Waals surface area contributed by atoms with Gasteiger partial charge in [-0.15, -0.1) is 0 Å². The Morgan fingerprint density at radius 3 is 2.76 bits per heavy atom. The van der Waals surface area contributed by atoms with Crippen molar-refractivity contribution in [1.82, 2.24) is 0 Å². The largest absolute Gasteiger partial charge is 0.575 e. The van der Waals surface area contributed by atoms with Gasteiger partial charge in [-0.3, -0.25) is 4.52 Å². The predicted octanol–water partition coefficient (Wildman–Crippen LogP) is 1.19. The second-order valence-electron chi connectivity index (χ2n) is 3.11. The zero-order valence-electron chi connectivity index (χ0n) is 9.36. The van der Waals surface area contributed by atoms with Gasteiger partial charge in [0.1, 0.15) is 0 Å². The number of carbonyl (C=O) groups excluding carboxylic acids is 1. The zero-order chi connectivity index (χ0) is 12.8. The third-order valence-electron chi connectivity index (χ3n) is 1.85. The summed E-state index contributed by atoms with van der Waals surface area (Å²) in [5.41, 5.74) is 0. The Balaban J connectivity index is 2.72. The van der Waals surface area contributed by atoms with Crippen LogP contribution in [0.5, 0.6) is 11.5 Å². The van der Waals surface area contributed by atoms with E-state index in [2.05, 4.69) is 9.48 Å². The Kier molecular flexibility index (Phi) is 4.87. The minimum atomic E-state index is -2.44. The van der Waals surface area contributed by atoms with Crippen molar-refractivity contribution in [2.75, 3.05) is 7.11 Å². The molecule has 0 amide bonds. The molecule has 1 rings (SSSR count). The van der Waals surface area contributed by atoms with Gasteiger partial charge in [-0.2, -0.15) is 0 Å². The van der Waals surface area contributed by atoms with E-state index < -0.39 is 20.2 Å². The molecule has 0 aliphatic carbocycles. The fourth-order valence-electron chi connectivity index (χ4n) is 1.00. The lowest BCUT2D eigenvalue weighted by Gasteiger charge is -2.03. The summed E-state index contributed by atoms with van der Waals surface area (Å²) in [6.45, 7) is 1.44. The fraction of sp³-hybridized carbons (Fsp3) is 0.300. The average Bonchev–Trinajstić information content (AvgIpc) is 2.31. The molecule has 0 aliphatic heterocycles. The molecule has 0 aromatic heterocycles. The van der Waals surface area contributed by atoms with Crippen molar-refractivity contribution in [3.8, 4) is 11.5 Å². The summed E-state index contributed by atoms with van der Waals surface area (Å²) < 4.78 is 12.9. The maximum absolute atomic E-state index is 11.4. The lowest BCUT2D eigenvalue weighted by atomic mass is 10.3. The fourth-order valence-corrected chi connectivity index (χ4v) is 1.75. The van der Waals surface area contributed by atoms with Crippen LogP contribution in [0, 0.1) is 0 Å². The number of methoxy groups -OCH3 is 1. The predicted molar refractivity (Wildman–Crippen MR) is 59.6 cm³/mol. The van der Waals surface area contributed by atoms with Crippen molar-refractivity contribution in [3.05, 3.63) is 24.3 Å². The number of benzene rings is 1. The minimum absolute atomic E-state index is 0.0504. The van der Waals surface area contributed by atoms with Crippen molar-refractivity contribution in [2.24, 2.45) is 4.74 Å². The van der Waals surface area contributed by atoms with Crippen LogP contribution in [0.3, 0.4) is 0 Å². The summed E-state index contributed by atoms with van der Waals surface area (Å²) in [4.78, 5) is 22.5. The molecule has 2 atom stereocenters. The molecule has 7 heteroatoms. The summed E-state index contributed by atoms with van der Waals surface area (Å²) in [7, 11) is -1.22. The summed E-state index contributed by atoms with van der Waals surface area (Å²) in [5, 5.41) is 9.36. The summed E-state index contributed by atoms with van der Waals surface area (Å²) in [6.07, 6.45) is 0. The Morgan fingerprint density at radius 1 is 1.53 bits per heavy atom. The van der Waals surface area contributed by atoms with Gasteiger partial charge in [-0.25, -0.2) is 4.79 Å². The second kappa shape index (κ2) is 6.18. The molecule has 0 spiro atoms. The third kappa shape index (κ3) is 4.01. The van der Waals surface area contributed by atoms with Crippen LogP contribution < -0.4 is 9.42 Å². The molecule has 6 nitrogen and oxygen atoms in total. The lowest BCUT2D eigenvalue weighted by Crippen LogP contribution is -2.16. The molecule has 1 aromatic carbocycles. The van der Waals surface area contributed by atoms with Gasteiger partial charge in [0, 0.05) is 0 Å². The summed E-state index contributed by atoms with van der Waals surface area (Å²) >= 11 is 0. The molecule has 0 fully saturated rings. The topological polar surface area (TPSA) is 91.2 Å². The quantitative estimate of drug-likeness (QED) is 0.646. The number of para-hydroxylation sites is 2. The van der Waals surface area contributed by atoms with E-state index in [-0.39, 0.29) is 11.5 Å². The maximum Gasteiger partial charge on any atom is 0.395 e. The van der Waals surface area contributed by atoms with Crippen LogP contribution in [0.2, 0.25) is 0 Å². The molecule has 0 bridgehead atoms. The summed E-state index contributed by atoms with van der Waals surface area (Å²) in [6, 6.07) is 5.17. The van der Waals surface area contributed by atoms with Crippen molar-refractivity contribution in [3.63, 3.8) is 0 Å². The average molecular weight is 257 g/mol. The van der Waals surface area contributed by atoms with E-state index in [4.69, 9.17) is 4.52 Å². The Bertz CT molecular complexity index is 434. The van der Waals surface area contributed by atoms with Crippen LogP contribution in [0.15, 0.2) is 29.0 Å². The maximum atomic E-state index is 11.4. The van der Waals surface area contributed by atoms with E-state index >= 15 is 0 Å². The van der Waals surface area contributed by atoms with Crippen LogP contribution >= 0.6 is 8.17 Å². The SMILES string of the molecule is COC(=O)[C@H](C)N=[P+]([O-])Oc1ccccc1O. The van der Waals surface area contributed by atoms with Crippen molar-refractivity contribution >= 4 is 14.1 Å². The number of esters is 1. The summed E-state index contributed by atoms with van der Waals surface area (Å²) in [5.74, 6) is -0.694. The second-order valence-corrected chi connectivity index (χ2v) is 4.00. The highest BCUT2D eigenvalue weighted by molar-refractivity contribution is 7.34. The van der Waals surface area contributed by atoms with Gasteiger partial charge in [-0.05, 0) is 19.1 Å². The molecular weight excluding hydrogens is 245 g/mol. The highest BCUT2D eigenvalue weighted by atomic mass is 31.1. The van der Waals surface area contributed by atoms with Crippen LogP contribution in [0.4, 0.5) is 0 Å². The molecule has 17 heavy (non-hydrogen) atoms. The van der Waals surface area contributed by atoms with Gasteiger partial charge in [0.15, 0.2) is 11.8 Å². The zero-order valence-corrected chi connectivity index (χ0v) is 10.3. The molecule has 0 aliphatic rings. The Morgan fingerprint density at radius 2 is 2.18 bits per heavy atom. The van der Waals surface area contributed by atoms with E-state index in [1.165, 1.54) is 26.2 Å². The molecule has 0 radical (unpaired) electrons. The van der Waals surface area contributed by atoms with Crippen molar-refractivity contribution < 1.29 is 24.1 Å². The van der Waals surface area contributed by atoms with E-state index in [9.17, 15) is 14.8 Å². The number of hydrogen-bond donors (Lipinski definition) is 1. The highest BCUT2D eigenvalue weighted by Crippen LogP contribution is 2.31. The van der Waals surface area contributed by atoms with E-state index in [1.807, 2.05) is 0 Å². The van der Waals surface area contributed by atoms with Crippen LogP contribution in [-0.4, -0.2) is 24.2 Å². The minimum Gasteiger partial charge on any atom is -0.575 e. The number of nitrogens with zero attached hydrogens (tertiary/aromatic N) is 1. The number of aromatic hydroxyl groups is 1. The van der Waals surface area contributed by atoms with Crippen LogP contribution in [-0.2, 0) is 9.53 Å². The number of hydrogen-bond acceptors (Lipinski definition) is 6. The van der Waals surface area contributed by atoms with Crippen molar-refractivity contribution in [2.45, 2.75) is 13.0 Å².